The third-order valence-corrected chi connectivity index (χ3v) is 2.81. The Kier molecular flexibility index (Phi) is 2.75. The van der Waals surface area contributed by atoms with E-state index in [4.69, 9.17) is 11.6 Å². The number of nitrogens with one attached hydrogen (secondary N) is 2. The molecule has 1 aliphatic heterocycles. The first-order valence-electron chi connectivity index (χ1n) is 5.35. The number of aromatic nitrogens is 2. The number of halogens is 3. The third kappa shape index (κ3) is 2.25. The number of aromatic amines is 1. The predicted molar refractivity (Wildman–Crippen MR) is 65.8 cm³/mol. The molecular formula is C11H6ClF2N3O3. The van der Waals surface area contributed by atoms with E-state index in [2.05, 4.69) is 24.8 Å². The van der Waals surface area contributed by atoms with Gasteiger partial charge in [-0.25, -0.2) is 4.98 Å². The minimum Gasteiger partial charge on any atom is -0.395 e. The van der Waals surface area contributed by atoms with Crippen molar-refractivity contribution in [2.45, 2.75) is 6.29 Å². The van der Waals surface area contributed by atoms with Gasteiger partial charge in [-0.15, -0.1) is 8.78 Å². The van der Waals surface area contributed by atoms with Gasteiger partial charge in [-0.2, -0.15) is 0 Å². The lowest BCUT2D eigenvalue weighted by molar-refractivity contribution is -0.286. The lowest BCUT2D eigenvalue weighted by Gasteiger charge is -2.06. The van der Waals surface area contributed by atoms with Gasteiger partial charge >= 0.3 is 6.29 Å². The highest BCUT2D eigenvalue weighted by atomic mass is 35.5. The molecule has 0 bridgehead atoms. The highest BCUT2D eigenvalue weighted by Crippen LogP contribution is 2.42. The summed E-state index contributed by atoms with van der Waals surface area (Å²) in [6.45, 7) is 0. The molecule has 0 aliphatic carbocycles. The number of hydrogen-bond acceptors (Lipinski definition) is 5. The molecule has 0 saturated heterocycles. The van der Waals surface area contributed by atoms with Gasteiger partial charge in [-0.1, -0.05) is 11.6 Å². The Bertz CT molecular complexity index is 735. The van der Waals surface area contributed by atoms with Crippen LogP contribution in [0.3, 0.4) is 0 Å². The standard InChI is InChI=1S/C11H6ClF2N3O3/c12-8-9(15-4-16-10(8)18)17-5-1-2-6-7(3-5)20-11(13,14)19-6/h1-4H,(H2,15,16,17,18). The van der Waals surface area contributed by atoms with E-state index in [-0.39, 0.29) is 22.3 Å². The summed E-state index contributed by atoms with van der Waals surface area (Å²) in [6, 6.07) is 4.05. The zero-order chi connectivity index (χ0) is 14.3. The summed E-state index contributed by atoms with van der Waals surface area (Å²) in [5.74, 6) is -0.104. The minimum absolute atomic E-state index is 0.0782. The van der Waals surface area contributed by atoms with Crippen molar-refractivity contribution in [3.05, 3.63) is 39.9 Å². The van der Waals surface area contributed by atoms with Crippen molar-refractivity contribution in [3.8, 4) is 11.5 Å². The Morgan fingerprint density at radius 1 is 1.30 bits per heavy atom. The van der Waals surface area contributed by atoms with Gasteiger partial charge in [0, 0.05) is 11.8 Å². The van der Waals surface area contributed by atoms with Crippen LogP contribution in [0.5, 0.6) is 11.5 Å². The summed E-state index contributed by atoms with van der Waals surface area (Å²) < 4.78 is 34.3. The molecule has 20 heavy (non-hydrogen) atoms. The number of alkyl halides is 2. The van der Waals surface area contributed by atoms with Crippen molar-refractivity contribution < 1.29 is 18.3 Å². The summed E-state index contributed by atoms with van der Waals surface area (Å²) in [6.07, 6.45) is -2.52. The van der Waals surface area contributed by atoms with Gasteiger partial charge in [0.25, 0.3) is 5.56 Å². The maximum Gasteiger partial charge on any atom is 0.586 e. The molecular weight excluding hydrogens is 296 g/mol. The zero-order valence-corrected chi connectivity index (χ0v) is 10.4. The molecule has 9 heteroatoms. The molecule has 0 amide bonds. The molecule has 6 nitrogen and oxygen atoms in total. The van der Waals surface area contributed by atoms with E-state index in [1.165, 1.54) is 18.2 Å². The van der Waals surface area contributed by atoms with Crippen LogP contribution in [0, 0.1) is 0 Å². The van der Waals surface area contributed by atoms with E-state index < -0.39 is 11.9 Å². The van der Waals surface area contributed by atoms with E-state index >= 15 is 0 Å². The molecule has 1 aromatic carbocycles. The fraction of sp³-hybridized carbons (Fsp3) is 0.0909. The second kappa shape index (κ2) is 4.34. The molecule has 1 aromatic heterocycles. The average molecular weight is 302 g/mol. The highest BCUT2D eigenvalue weighted by molar-refractivity contribution is 6.32. The molecule has 0 radical (unpaired) electrons. The Morgan fingerprint density at radius 2 is 2.05 bits per heavy atom. The molecule has 0 spiro atoms. The van der Waals surface area contributed by atoms with Crippen LogP contribution in [-0.2, 0) is 0 Å². The fourth-order valence-electron chi connectivity index (χ4n) is 1.63. The number of H-pyrrole nitrogens is 1. The van der Waals surface area contributed by atoms with E-state index in [9.17, 15) is 13.6 Å². The summed E-state index contributed by atoms with van der Waals surface area (Å²) in [7, 11) is 0. The van der Waals surface area contributed by atoms with Crippen molar-refractivity contribution >= 4 is 23.1 Å². The van der Waals surface area contributed by atoms with Crippen LogP contribution in [-0.4, -0.2) is 16.3 Å². The number of ether oxygens (including phenoxy) is 2. The summed E-state index contributed by atoms with van der Waals surface area (Å²) >= 11 is 5.76. The normalized spacial score (nSPS) is 15.2. The topological polar surface area (TPSA) is 76.2 Å². The van der Waals surface area contributed by atoms with Crippen molar-refractivity contribution in [2.75, 3.05) is 5.32 Å². The van der Waals surface area contributed by atoms with Crippen LogP contribution in [0.1, 0.15) is 0 Å². The van der Waals surface area contributed by atoms with E-state index in [0.29, 0.717) is 5.69 Å². The highest BCUT2D eigenvalue weighted by Gasteiger charge is 2.43. The second-order valence-electron chi connectivity index (χ2n) is 3.85. The molecule has 2 N–H and O–H groups in total. The van der Waals surface area contributed by atoms with Gasteiger partial charge in [0.15, 0.2) is 17.3 Å². The molecule has 2 heterocycles. The smallest absolute Gasteiger partial charge is 0.395 e. The van der Waals surface area contributed by atoms with Crippen molar-refractivity contribution in [1.29, 1.82) is 0 Å². The number of nitrogens with zero attached hydrogens (tertiary/aromatic N) is 1. The number of rotatable bonds is 2. The molecule has 3 rings (SSSR count). The quantitative estimate of drug-likeness (QED) is 0.891. The molecule has 0 unspecified atom stereocenters. The van der Waals surface area contributed by atoms with Gasteiger partial charge in [0.2, 0.25) is 0 Å². The minimum atomic E-state index is -3.68. The van der Waals surface area contributed by atoms with Crippen LogP contribution in [0.4, 0.5) is 20.3 Å². The van der Waals surface area contributed by atoms with Gasteiger partial charge in [0.1, 0.15) is 5.02 Å². The van der Waals surface area contributed by atoms with Crippen LogP contribution in [0.2, 0.25) is 5.02 Å². The van der Waals surface area contributed by atoms with Gasteiger partial charge < -0.3 is 19.8 Å². The monoisotopic (exact) mass is 301 g/mol. The van der Waals surface area contributed by atoms with E-state index in [1.54, 1.807) is 0 Å². The maximum atomic E-state index is 12.9. The lowest BCUT2D eigenvalue weighted by atomic mass is 10.3. The lowest BCUT2D eigenvalue weighted by Crippen LogP contribution is -2.25. The first-order valence-corrected chi connectivity index (χ1v) is 5.72. The number of anilines is 2. The Labute approximate surface area is 115 Å². The van der Waals surface area contributed by atoms with Crippen molar-refractivity contribution in [2.24, 2.45) is 0 Å². The fourth-order valence-corrected chi connectivity index (χ4v) is 1.78. The molecule has 0 atom stereocenters. The third-order valence-electron chi connectivity index (χ3n) is 2.46. The van der Waals surface area contributed by atoms with Crippen molar-refractivity contribution in [3.63, 3.8) is 0 Å². The number of fused-ring (bicyclic) bond motifs is 1. The average Bonchev–Trinajstić information content (AvgIpc) is 2.68. The molecule has 104 valence electrons. The van der Waals surface area contributed by atoms with Gasteiger partial charge in [-0.05, 0) is 12.1 Å². The molecule has 0 saturated carbocycles. The summed E-state index contributed by atoms with van der Waals surface area (Å²) in [5, 5.41) is 2.58. The van der Waals surface area contributed by atoms with Crippen LogP contribution in [0.15, 0.2) is 29.3 Å². The Hall–Kier alpha value is -2.35. The van der Waals surface area contributed by atoms with Crippen molar-refractivity contribution in [1.82, 2.24) is 9.97 Å². The number of hydrogen-bond donors (Lipinski definition) is 2. The molecule has 1 aliphatic rings. The van der Waals surface area contributed by atoms with Crippen LogP contribution >= 0.6 is 11.6 Å². The van der Waals surface area contributed by atoms with Crippen LogP contribution in [0.25, 0.3) is 0 Å². The first-order chi connectivity index (χ1) is 9.44. The van der Waals surface area contributed by atoms with Gasteiger partial charge in [-0.3, -0.25) is 4.79 Å². The number of benzene rings is 1. The first kappa shape index (κ1) is 12.7. The van der Waals surface area contributed by atoms with Crippen LogP contribution < -0.4 is 20.3 Å². The second-order valence-corrected chi connectivity index (χ2v) is 4.23. The van der Waals surface area contributed by atoms with Gasteiger partial charge in [0.05, 0.1) is 6.33 Å². The molecule has 2 aromatic rings. The van der Waals surface area contributed by atoms with E-state index in [0.717, 1.165) is 6.33 Å². The maximum absolute atomic E-state index is 12.9. The summed E-state index contributed by atoms with van der Waals surface area (Å²) in [4.78, 5) is 17.4. The molecule has 0 fully saturated rings. The predicted octanol–water partition coefficient (Wildman–Crippen LogP) is 2.49. The SMILES string of the molecule is O=c1[nH]cnc(Nc2ccc3c(c2)OC(F)(F)O3)c1Cl. The Morgan fingerprint density at radius 3 is 2.85 bits per heavy atom. The van der Waals surface area contributed by atoms with E-state index in [1.807, 2.05) is 0 Å². The largest absolute Gasteiger partial charge is 0.586 e. The zero-order valence-electron chi connectivity index (χ0n) is 9.62. The summed E-state index contributed by atoms with van der Waals surface area (Å²) in [5.41, 5.74) is -0.151. The Balaban J connectivity index is 1.90.